The van der Waals surface area contributed by atoms with E-state index in [1.807, 2.05) is 0 Å². The molecular formula is C10H11N3O2S. The zero-order chi connectivity index (χ0) is 11.8. The van der Waals surface area contributed by atoms with E-state index < -0.39 is 10.0 Å². The molecule has 6 heteroatoms. The number of anilines is 1. The van der Waals surface area contributed by atoms with Crippen molar-refractivity contribution in [3.63, 3.8) is 0 Å². The Labute approximate surface area is 93.6 Å². The van der Waals surface area contributed by atoms with Crippen LogP contribution in [0.1, 0.15) is 5.69 Å². The average molecular weight is 237 g/mol. The fraction of sp³-hybridized carbons (Fsp3) is 0.100. The molecule has 5 nitrogen and oxygen atoms in total. The summed E-state index contributed by atoms with van der Waals surface area (Å²) in [7, 11) is -3.67. The normalized spacial score (nSPS) is 11.6. The highest BCUT2D eigenvalue weighted by atomic mass is 32.2. The van der Waals surface area contributed by atoms with E-state index in [1.165, 1.54) is 18.2 Å². The lowest BCUT2D eigenvalue weighted by Gasteiger charge is -2.05. The summed E-state index contributed by atoms with van der Waals surface area (Å²) in [5.41, 5.74) is 6.15. The molecule has 0 aliphatic carbocycles. The SMILES string of the molecule is Cc1cc(N)n(S(=O)(=O)c2ccccc2)n1. The summed E-state index contributed by atoms with van der Waals surface area (Å²) in [6, 6.07) is 9.58. The number of rotatable bonds is 2. The molecule has 0 amide bonds. The third-order valence-corrected chi connectivity index (χ3v) is 3.71. The second kappa shape index (κ2) is 3.64. The first kappa shape index (κ1) is 10.7. The van der Waals surface area contributed by atoms with Crippen LogP contribution < -0.4 is 5.73 Å². The zero-order valence-corrected chi connectivity index (χ0v) is 9.48. The van der Waals surface area contributed by atoms with Gasteiger partial charge >= 0.3 is 0 Å². The largest absolute Gasteiger partial charge is 0.383 e. The van der Waals surface area contributed by atoms with Gasteiger partial charge in [0.1, 0.15) is 5.82 Å². The summed E-state index contributed by atoms with van der Waals surface area (Å²) < 4.78 is 25.0. The van der Waals surface area contributed by atoms with Crippen LogP contribution in [0.15, 0.2) is 41.3 Å². The molecule has 2 N–H and O–H groups in total. The first-order valence-corrected chi connectivity index (χ1v) is 6.08. The highest BCUT2D eigenvalue weighted by Gasteiger charge is 2.19. The molecule has 0 aliphatic heterocycles. The third kappa shape index (κ3) is 1.67. The van der Waals surface area contributed by atoms with E-state index in [0.29, 0.717) is 5.69 Å². The number of hydrogen-bond acceptors (Lipinski definition) is 4. The number of aromatic nitrogens is 2. The van der Waals surface area contributed by atoms with Gasteiger partial charge in [0.25, 0.3) is 10.0 Å². The molecule has 2 aromatic rings. The molecule has 0 atom stereocenters. The minimum Gasteiger partial charge on any atom is -0.383 e. The minimum atomic E-state index is -3.67. The molecular weight excluding hydrogens is 226 g/mol. The van der Waals surface area contributed by atoms with Crippen molar-refractivity contribution in [1.29, 1.82) is 0 Å². The van der Waals surface area contributed by atoms with Crippen molar-refractivity contribution in [3.8, 4) is 0 Å². The lowest BCUT2D eigenvalue weighted by atomic mass is 10.4. The van der Waals surface area contributed by atoms with Crippen LogP contribution in [0.2, 0.25) is 0 Å². The minimum absolute atomic E-state index is 0.112. The summed E-state index contributed by atoms with van der Waals surface area (Å²) in [5, 5.41) is 3.86. The van der Waals surface area contributed by atoms with E-state index >= 15 is 0 Å². The molecule has 1 heterocycles. The Balaban J connectivity index is 2.61. The molecule has 84 valence electrons. The highest BCUT2D eigenvalue weighted by Crippen LogP contribution is 2.16. The van der Waals surface area contributed by atoms with Crippen molar-refractivity contribution >= 4 is 15.8 Å². The van der Waals surface area contributed by atoms with Crippen LogP contribution in [-0.4, -0.2) is 17.6 Å². The Hall–Kier alpha value is -1.82. The zero-order valence-electron chi connectivity index (χ0n) is 8.66. The van der Waals surface area contributed by atoms with Crippen molar-refractivity contribution < 1.29 is 8.42 Å². The molecule has 0 aliphatic rings. The van der Waals surface area contributed by atoms with Crippen molar-refractivity contribution in [3.05, 3.63) is 42.1 Å². The lowest BCUT2D eigenvalue weighted by Crippen LogP contribution is -2.16. The Bertz CT molecular complexity index is 602. The predicted octanol–water partition coefficient (Wildman–Crippen LogP) is 1.01. The smallest absolute Gasteiger partial charge is 0.284 e. The van der Waals surface area contributed by atoms with E-state index in [4.69, 9.17) is 5.73 Å². The Morgan fingerprint density at radius 3 is 2.38 bits per heavy atom. The van der Waals surface area contributed by atoms with Crippen LogP contribution in [-0.2, 0) is 10.0 Å². The van der Waals surface area contributed by atoms with Crippen LogP contribution in [0.4, 0.5) is 5.82 Å². The second-order valence-electron chi connectivity index (χ2n) is 3.37. The summed E-state index contributed by atoms with van der Waals surface area (Å²) in [6.07, 6.45) is 0. The molecule has 16 heavy (non-hydrogen) atoms. The number of hydrogen-bond donors (Lipinski definition) is 1. The quantitative estimate of drug-likeness (QED) is 0.845. The first-order chi connectivity index (χ1) is 7.51. The van der Waals surface area contributed by atoms with E-state index in [1.54, 1.807) is 25.1 Å². The number of nitrogens with two attached hydrogens (primary N) is 1. The third-order valence-electron chi connectivity index (χ3n) is 2.09. The van der Waals surface area contributed by atoms with Gasteiger partial charge in [0.2, 0.25) is 0 Å². The molecule has 0 unspecified atom stereocenters. The molecule has 1 aromatic heterocycles. The maximum Gasteiger partial charge on any atom is 0.284 e. The maximum absolute atomic E-state index is 12.1. The molecule has 2 rings (SSSR count). The molecule has 0 bridgehead atoms. The molecule has 0 fully saturated rings. The summed E-state index contributed by atoms with van der Waals surface area (Å²) in [5.74, 6) is 0.112. The van der Waals surface area contributed by atoms with E-state index in [9.17, 15) is 8.42 Å². The molecule has 0 saturated heterocycles. The van der Waals surface area contributed by atoms with Crippen molar-refractivity contribution in [1.82, 2.24) is 9.19 Å². The van der Waals surface area contributed by atoms with Gasteiger partial charge in [-0.2, -0.15) is 13.5 Å². The predicted molar refractivity (Wildman–Crippen MR) is 60.4 cm³/mol. The van der Waals surface area contributed by atoms with Crippen molar-refractivity contribution in [2.45, 2.75) is 11.8 Å². The number of nitrogens with zero attached hydrogens (tertiary/aromatic N) is 2. The summed E-state index contributed by atoms with van der Waals surface area (Å²) in [6.45, 7) is 1.69. The van der Waals surface area contributed by atoms with Crippen molar-refractivity contribution in [2.24, 2.45) is 0 Å². The van der Waals surface area contributed by atoms with Gasteiger partial charge in [-0.3, -0.25) is 0 Å². The van der Waals surface area contributed by atoms with Gasteiger partial charge in [0.05, 0.1) is 10.6 Å². The van der Waals surface area contributed by atoms with Gasteiger partial charge in [0.15, 0.2) is 0 Å². The van der Waals surface area contributed by atoms with Gasteiger partial charge in [-0.1, -0.05) is 18.2 Å². The fourth-order valence-electron chi connectivity index (χ4n) is 1.38. The standard InChI is InChI=1S/C10H11N3O2S/c1-8-7-10(11)13(12-8)16(14,15)9-5-3-2-4-6-9/h2-7H,11H2,1H3. The monoisotopic (exact) mass is 237 g/mol. The summed E-state index contributed by atoms with van der Waals surface area (Å²) >= 11 is 0. The fourth-order valence-corrected chi connectivity index (χ4v) is 2.65. The highest BCUT2D eigenvalue weighted by molar-refractivity contribution is 7.90. The Morgan fingerprint density at radius 1 is 1.25 bits per heavy atom. The van der Waals surface area contributed by atoms with Gasteiger partial charge in [-0.05, 0) is 19.1 Å². The molecule has 0 radical (unpaired) electrons. The van der Waals surface area contributed by atoms with E-state index in [-0.39, 0.29) is 10.7 Å². The van der Waals surface area contributed by atoms with E-state index in [2.05, 4.69) is 5.10 Å². The van der Waals surface area contributed by atoms with Gasteiger partial charge in [0, 0.05) is 6.07 Å². The number of benzene rings is 1. The van der Waals surface area contributed by atoms with Crippen LogP contribution >= 0.6 is 0 Å². The van der Waals surface area contributed by atoms with Crippen LogP contribution in [0.3, 0.4) is 0 Å². The van der Waals surface area contributed by atoms with E-state index in [0.717, 1.165) is 4.09 Å². The van der Waals surface area contributed by atoms with Crippen LogP contribution in [0.25, 0.3) is 0 Å². The Morgan fingerprint density at radius 2 is 1.88 bits per heavy atom. The van der Waals surface area contributed by atoms with Gasteiger partial charge in [-0.25, -0.2) is 0 Å². The second-order valence-corrected chi connectivity index (χ2v) is 5.14. The first-order valence-electron chi connectivity index (χ1n) is 4.64. The lowest BCUT2D eigenvalue weighted by molar-refractivity contribution is 0.580. The van der Waals surface area contributed by atoms with Gasteiger partial charge < -0.3 is 5.73 Å². The number of nitrogen functional groups attached to an aromatic ring is 1. The van der Waals surface area contributed by atoms with Crippen LogP contribution in [0, 0.1) is 6.92 Å². The molecule has 1 aromatic carbocycles. The maximum atomic E-state index is 12.1. The summed E-state index contributed by atoms with van der Waals surface area (Å²) in [4.78, 5) is 0.171. The van der Waals surface area contributed by atoms with Crippen LogP contribution in [0.5, 0.6) is 0 Å². The molecule has 0 saturated carbocycles. The number of aryl methyl sites for hydroxylation is 1. The van der Waals surface area contributed by atoms with Crippen molar-refractivity contribution in [2.75, 3.05) is 5.73 Å². The topological polar surface area (TPSA) is 78.0 Å². The Kier molecular flexibility index (Phi) is 2.43. The van der Waals surface area contributed by atoms with Gasteiger partial charge in [-0.15, -0.1) is 4.09 Å². The average Bonchev–Trinajstić information content (AvgIpc) is 2.60. The molecule has 0 spiro atoms.